The topological polar surface area (TPSA) is 50.4 Å². The van der Waals surface area contributed by atoms with Crippen LogP contribution in [0.25, 0.3) is 0 Å². The molecular formula is C17H28N2O2. The second-order valence-electron chi connectivity index (χ2n) is 6.05. The average molecular weight is 292 g/mol. The third-order valence-corrected chi connectivity index (χ3v) is 2.84. The highest BCUT2D eigenvalue weighted by molar-refractivity contribution is 5.70. The Bertz CT molecular complexity index is 439. The molecule has 0 atom stereocenters. The van der Waals surface area contributed by atoms with Gasteiger partial charge in [-0.25, -0.2) is 0 Å². The van der Waals surface area contributed by atoms with Crippen LogP contribution in [0.4, 0.5) is 11.4 Å². The van der Waals surface area contributed by atoms with E-state index in [2.05, 4.69) is 29.7 Å². The Morgan fingerprint density at radius 2 is 1.71 bits per heavy atom. The molecule has 0 radical (unpaired) electrons. The molecule has 118 valence electrons. The van der Waals surface area contributed by atoms with Gasteiger partial charge in [0.15, 0.2) is 0 Å². The van der Waals surface area contributed by atoms with E-state index in [1.807, 2.05) is 32.9 Å². The van der Waals surface area contributed by atoms with E-state index >= 15 is 0 Å². The van der Waals surface area contributed by atoms with Crippen molar-refractivity contribution in [2.75, 3.05) is 23.7 Å². The highest BCUT2D eigenvalue weighted by Crippen LogP contribution is 2.20. The first-order valence-corrected chi connectivity index (χ1v) is 7.71. The van der Waals surface area contributed by atoms with Crippen molar-refractivity contribution in [1.82, 2.24) is 0 Å². The molecule has 0 heterocycles. The molecule has 0 bridgehead atoms. The Labute approximate surface area is 128 Å². The standard InChI is InChI=1S/C17H28N2O2/c1-5-18-14-10-6-7-11-15(14)19-13-9-8-12-16(20)21-17(2,3)4/h6-7,10-11,18-19H,5,8-9,12-13H2,1-4H3. The number of esters is 1. The van der Waals surface area contributed by atoms with Crippen LogP contribution < -0.4 is 10.6 Å². The molecular weight excluding hydrogens is 264 g/mol. The lowest BCUT2D eigenvalue weighted by Crippen LogP contribution is -2.23. The summed E-state index contributed by atoms with van der Waals surface area (Å²) in [6.07, 6.45) is 2.26. The van der Waals surface area contributed by atoms with Crippen molar-refractivity contribution in [3.05, 3.63) is 24.3 Å². The predicted octanol–water partition coefficient (Wildman–Crippen LogP) is 4.04. The van der Waals surface area contributed by atoms with Crippen LogP contribution in [0.3, 0.4) is 0 Å². The average Bonchev–Trinajstić information content (AvgIpc) is 2.38. The third kappa shape index (κ3) is 7.59. The maximum atomic E-state index is 11.6. The van der Waals surface area contributed by atoms with Gasteiger partial charge in [0.05, 0.1) is 11.4 Å². The van der Waals surface area contributed by atoms with Crippen LogP contribution in [0, 0.1) is 0 Å². The van der Waals surface area contributed by atoms with Crippen molar-refractivity contribution in [1.29, 1.82) is 0 Å². The molecule has 0 aliphatic carbocycles. The zero-order valence-electron chi connectivity index (χ0n) is 13.7. The first-order chi connectivity index (χ1) is 9.92. The van der Waals surface area contributed by atoms with Crippen LogP contribution in [0.1, 0.15) is 47.0 Å². The van der Waals surface area contributed by atoms with E-state index in [0.717, 1.165) is 37.3 Å². The molecule has 0 amide bonds. The molecule has 0 aromatic heterocycles. The number of hydrogen-bond acceptors (Lipinski definition) is 4. The van der Waals surface area contributed by atoms with Gasteiger partial charge in [0.25, 0.3) is 0 Å². The molecule has 4 heteroatoms. The summed E-state index contributed by atoms with van der Waals surface area (Å²) < 4.78 is 5.28. The Hall–Kier alpha value is -1.71. The summed E-state index contributed by atoms with van der Waals surface area (Å²) in [7, 11) is 0. The molecule has 2 N–H and O–H groups in total. The number of carbonyl (C=O) groups is 1. The highest BCUT2D eigenvalue weighted by atomic mass is 16.6. The van der Waals surface area contributed by atoms with E-state index in [1.165, 1.54) is 0 Å². The summed E-state index contributed by atoms with van der Waals surface area (Å²) in [6.45, 7) is 9.51. The SMILES string of the molecule is CCNc1ccccc1NCCCCC(=O)OC(C)(C)C. The van der Waals surface area contributed by atoms with Gasteiger partial charge in [-0.05, 0) is 52.7 Å². The maximum absolute atomic E-state index is 11.6. The minimum atomic E-state index is -0.389. The van der Waals surface area contributed by atoms with Gasteiger partial charge in [0.2, 0.25) is 0 Å². The highest BCUT2D eigenvalue weighted by Gasteiger charge is 2.15. The Morgan fingerprint density at radius 3 is 2.29 bits per heavy atom. The Kier molecular flexibility index (Phi) is 7.06. The fourth-order valence-electron chi connectivity index (χ4n) is 1.99. The molecule has 1 aromatic rings. The molecule has 1 rings (SSSR count). The predicted molar refractivity (Wildman–Crippen MR) is 88.8 cm³/mol. The summed E-state index contributed by atoms with van der Waals surface area (Å²) in [5, 5.41) is 6.73. The van der Waals surface area contributed by atoms with E-state index in [9.17, 15) is 4.79 Å². The minimum absolute atomic E-state index is 0.115. The van der Waals surface area contributed by atoms with Crippen molar-refractivity contribution >= 4 is 17.3 Å². The molecule has 21 heavy (non-hydrogen) atoms. The van der Waals surface area contributed by atoms with Gasteiger partial charge in [-0.1, -0.05) is 12.1 Å². The largest absolute Gasteiger partial charge is 0.460 e. The van der Waals surface area contributed by atoms with Crippen LogP contribution in [-0.2, 0) is 9.53 Å². The van der Waals surface area contributed by atoms with E-state index in [1.54, 1.807) is 0 Å². The number of nitrogens with one attached hydrogen (secondary N) is 2. The molecule has 0 aliphatic heterocycles. The minimum Gasteiger partial charge on any atom is -0.460 e. The number of carbonyl (C=O) groups excluding carboxylic acids is 1. The monoisotopic (exact) mass is 292 g/mol. The van der Waals surface area contributed by atoms with Gasteiger partial charge in [0, 0.05) is 19.5 Å². The molecule has 0 unspecified atom stereocenters. The lowest BCUT2D eigenvalue weighted by atomic mass is 10.2. The zero-order chi connectivity index (χ0) is 15.7. The normalized spacial score (nSPS) is 11.0. The summed E-state index contributed by atoms with van der Waals surface area (Å²) in [5.74, 6) is -0.115. The lowest BCUT2D eigenvalue weighted by Gasteiger charge is -2.19. The number of ether oxygens (including phenoxy) is 1. The summed E-state index contributed by atoms with van der Waals surface area (Å²) in [4.78, 5) is 11.6. The number of unbranched alkanes of at least 4 members (excludes halogenated alkanes) is 1. The van der Waals surface area contributed by atoms with E-state index in [4.69, 9.17) is 4.74 Å². The quantitative estimate of drug-likeness (QED) is 0.561. The van der Waals surface area contributed by atoms with Crippen LogP contribution in [0.2, 0.25) is 0 Å². The van der Waals surface area contributed by atoms with Crippen molar-refractivity contribution < 1.29 is 9.53 Å². The fraction of sp³-hybridized carbons (Fsp3) is 0.588. The summed E-state index contributed by atoms with van der Waals surface area (Å²) >= 11 is 0. The zero-order valence-corrected chi connectivity index (χ0v) is 13.7. The van der Waals surface area contributed by atoms with Gasteiger partial charge in [0.1, 0.15) is 5.60 Å². The van der Waals surface area contributed by atoms with Crippen LogP contribution in [0.15, 0.2) is 24.3 Å². The van der Waals surface area contributed by atoms with Gasteiger partial charge in [-0.3, -0.25) is 4.79 Å². The molecule has 0 fully saturated rings. The number of rotatable bonds is 8. The number of para-hydroxylation sites is 2. The van der Waals surface area contributed by atoms with Gasteiger partial charge in [-0.2, -0.15) is 0 Å². The molecule has 0 aliphatic rings. The van der Waals surface area contributed by atoms with Crippen LogP contribution in [0.5, 0.6) is 0 Å². The molecule has 0 saturated carbocycles. The van der Waals surface area contributed by atoms with Crippen molar-refractivity contribution in [3.8, 4) is 0 Å². The summed E-state index contributed by atoms with van der Waals surface area (Å²) in [5.41, 5.74) is 1.84. The molecule has 0 saturated heterocycles. The van der Waals surface area contributed by atoms with Crippen molar-refractivity contribution in [3.63, 3.8) is 0 Å². The summed E-state index contributed by atoms with van der Waals surface area (Å²) in [6, 6.07) is 8.16. The van der Waals surface area contributed by atoms with Crippen molar-refractivity contribution in [2.45, 2.75) is 52.6 Å². The Balaban J connectivity index is 2.24. The van der Waals surface area contributed by atoms with E-state index in [-0.39, 0.29) is 11.6 Å². The van der Waals surface area contributed by atoms with Crippen molar-refractivity contribution in [2.24, 2.45) is 0 Å². The molecule has 1 aromatic carbocycles. The fourth-order valence-corrected chi connectivity index (χ4v) is 1.99. The molecule has 0 spiro atoms. The first-order valence-electron chi connectivity index (χ1n) is 7.71. The number of anilines is 2. The van der Waals surface area contributed by atoms with E-state index < -0.39 is 0 Å². The first kappa shape index (κ1) is 17.3. The van der Waals surface area contributed by atoms with Gasteiger partial charge in [-0.15, -0.1) is 0 Å². The number of hydrogen-bond donors (Lipinski definition) is 2. The van der Waals surface area contributed by atoms with Crippen LogP contribution >= 0.6 is 0 Å². The Morgan fingerprint density at radius 1 is 1.10 bits per heavy atom. The van der Waals surface area contributed by atoms with E-state index in [0.29, 0.717) is 6.42 Å². The smallest absolute Gasteiger partial charge is 0.306 e. The number of benzene rings is 1. The lowest BCUT2D eigenvalue weighted by molar-refractivity contribution is -0.154. The van der Waals surface area contributed by atoms with Gasteiger partial charge < -0.3 is 15.4 Å². The van der Waals surface area contributed by atoms with Crippen LogP contribution in [-0.4, -0.2) is 24.7 Å². The van der Waals surface area contributed by atoms with Gasteiger partial charge >= 0.3 is 5.97 Å². The molecule has 4 nitrogen and oxygen atoms in total. The second-order valence-corrected chi connectivity index (χ2v) is 6.05. The third-order valence-electron chi connectivity index (χ3n) is 2.84. The maximum Gasteiger partial charge on any atom is 0.306 e. The second kappa shape index (κ2) is 8.55.